The van der Waals surface area contributed by atoms with Crippen molar-refractivity contribution in [2.24, 2.45) is 5.41 Å². The first-order valence-electron chi connectivity index (χ1n) is 13.7. The molecule has 3 aliphatic heterocycles. The van der Waals surface area contributed by atoms with Gasteiger partial charge in [-0.1, -0.05) is 12.6 Å². The van der Waals surface area contributed by atoms with Crippen LogP contribution in [0.15, 0.2) is 59.0 Å². The first kappa shape index (κ1) is 27.8. The molecule has 0 bridgehead atoms. The predicted molar refractivity (Wildman–Crippen MR) is 155 cm³/mol. The second kappa shape index (κ2) is 10.1. The van der Waals surface area contributed by atoms with E-state index in [1.807, 2.05) is 0 Å². The van der Waals surface area contributed by atoms with Crippen molar-refractivity contribution >= 4 is 45.2 Å². The minimum absolute atomic E-state index is 0.119. The number of fused-ring (bicyclic) bond motifs is 1. The molecule has 13 heteroatoms. The number of anilines is 1. The van der Waals surface area contributed by atoms with E-state index in [0.29, 0.717) is 37.6 Å². The van der Waals surface area contributed by atoms with E-state index in [9.17, 15) is 14.0 Å². The van der Waals surface area contributed by atoms with Crippen molar-refractivity contribution in [1.82, 2.24) is 19.4 Å². The Morgan fingerprint density at radius 1 is 1.09 bits per heavy atom. The van der Waals surface area contributed by atoms with Crippen LogP contribution in [0.1, 0.15) is 5.56 Å². The number of pyridine rings is 1. The van der Waals surface area contributed by atoms with Crippen LogP contribution >= 0.6 is 11.8 Å². The van der Waals surface area contributed by atoms with Gasteiger partial charge in [-0.15, -0.1) is 11.8 Å². The summed E-state index contributed by atoms with van der Waals surface area (Å²) in [7, 11) is 0. The van der Waals surface area contributed by atoms with Crippen LogP contribution in [0.5, 0.6) is 0 Å². The zero-order valence-corrected chi connectivity index (χ0v) is 23.6. The van der Waals surface area contributed by atoms with E-state index in [1.54, 1.807) is 9.80 Å². The van der Waals surface area contributed by atoms with Crippen LogP contribution in [-0.4, -0.2) is 70.5 Å². The number of rotatable bonds is 3. The molecule has 0 aliphatic carbocycles. The van der Waals surface area contributed by atoms with Crippen LogP contribution in [0, 0.1) is 11.2 Å². The zero-order chi connectivity index (χ0) is 30.1. The number of carbonyl (C=O) groups excluding carboxylic acids is 1. The number of hydrogen-bond donors (Lipinski definition) is 0. The SMILES string of the molecule is C=CC(=O)N1CCN(c2nc(=O)n3c4c(c(-c5ccc(F)c6ccncc56)c(C(F)(F)F)cc24)SCC2(COC2)C3)CC1. The smallest absolute Gasteiger partial charge is 0.380 e. The van der Waals surface area contributed by atoms with Gasteiger partial charge in [-0.25, -0.2) is 9.18 Å². The third kappa shape index (κ3) is 4.48. The lowest BCUT2D eigenvalue weighted by molar-refractivity contribution is -0.137. The van der Waals surface area contributed by atoms with E-state index in [-0.39, 0.29) is 63.5 Å². The maximum Gasteiger partial charge on any atom is 0.417 e. The third-order valence-corrected chi connectivity index (χ3v) is 9.88. The fourth-order valence-electron chi connectivity index (χ4n) is 6.22. The maximum absolute atomic E-state index is 15.1. The van der Waals surface area contributed by atoms with E-state index < -0.39 is 28.7 Å². The number of ether oxygens (including phenoxy) is 1. The molecule has 1 spiro atoms. The molecule has 7 rings (SSSR count). The number of nitrogens with zero attached hydrogens (tertiary/aromatic N) is 5. The average molecular weight is 612 g/mol. The summed E-state index contributed by atoms with van der Waals surface area (Å²) >= 11 is 1.26. The van der Waals surface area contributed by atoms with Crippen molar-refractivity contribution in [3.8, 4) is 11.1 Å². The molecule has 4 aromatic rings. The summed E-state index contributed by atoms with van der Waals surface area (Å²) < 4.78 is 67.0. The largest absolute Gasteiger partial charge is 0.417 e. The Labute approximate surface area is 246 Å². The summed E-state index contributed by atoms with van der Waals surface area (Å²) in [5.74, 6) is -0.244. The van der Waals surface area contributed by atoms with Gasteiger partial charge in [0.15, 0.2) is 0 Å². The molecule has 0 atom stereocenters. The van der Waals surface area contributed by atoms with E-state index in [4.69, 9.17) is 4.74 Å². The molecule has 43 heavy (non-hydrogen) atoms. The van der Waals surface area contributed by atoms with Gasteiger partial charge < -0.3 is 14.5 Å². The molecular weight excluding hydrogens is 586 g/mol. The Morgan fingerprint density at radius 2 is 1.86 bits per heavy atom. The van der Waals surface area contributed by atoms with Gasteiger partial charge in [-0.05, 0) is 29.8 Å². The molecule has 5 heterocycles. The van der Waals surface area contributed by atoms with Gasteiger partial charge in [-0.3, -0.25) is 14.3 Å². The van der Waals surface area contributed by atoms with Crippen molar-refractivity contribution < 1.29 is 27.1 Å². The lowest BCUT2D eigenvalue weighted by Gasteiger charge is -2.40. The van der Waals surface area contributed by atoms with E-state index in [0.717, 1.165) is 12.1 Å². The fourth-order valence-corrected chi connectivity index (χ4v) is 7.65. The Hall–Kier alpha value is -3.97. The van der Waals surface area contributed by atoms with E-state index in [2.05, 4.69) is 16.5 Å². The predicted octanol–water partition coefficient (Wildman–Crippen LogP) is 4.73. The highest BCUT2D eigenvalue weighted by molar-refractivity contribution is 7.99. The number of thioether (sulfide) groups is 1. The number of carbonyl (C=O) groups is 1. The van der Waals surface area contributed by atoms with Gasteiger partial charge in [0.25, 0.3) is 0 Å². The minimum Gasteiger partial charge on any atom is -0.380 e. The van der Waals surface area contributed by atoms with Crippen molar-refractivity contribution in [3.05, 3.63) is 71.2 Å². The Kier molecular flexibility index (Phi) is 6.51. The van der Waals surface area contributed by atoms with Crippen LogP contribution in [0.4, 0.5) is 23.4 Å². The molecule has 0 N–H and O–H groups in total. The molecule has 2 fully saturated rings. The molecule has 0 unspecified atom stereocenters. The lowest BCUT2D eigenvalue weighted by Crippen LogP contribution is -2.50. The van der Waals surface area contributed by atoms with Crippen molar-refractivity contribution in [2.45, 2.75) is 17.6 Å². The monoisotopic (exact) mass is 611 g/mol. The van der Waals surface area contributed by atoms with E-state index >= 15 is 13.2 Å². The van der Waals surface area contributed by atoms with Crippen molar-refractivity contribution in [3.63, 3.8) is 0 Å². The standard InChI is InChI=1S/C30H25F4N5O3S/c1-2-23(40)37-7-9-38(10-8-37)27-19-11-21(30(32,33)34)24(18-3-4-22(31)17-5-6-35-12-20(17)18)26-25(19)39(28(41)36-27)13-29(16-43-26)14-42-15-29/h2-6,11-12H,1,7-10,13-16H2. The molecular formula is C30H25F4N5O3S. The number of halogens is 4. The van der Waals surface area contributed by atoms with Gasteiger partial charge in [0.2, 0.25) is 5.91 Å². The number of alkyl halides is 3. The van der Waals surface area contributed by atoms with Crippen LogP contribution in [-0.2, 0) is 22.3 Å². The molecule has 222 valence electrons. The number of amides is 1. The van der Waals surface area contributed by atoms with Crippen LogP contribution < -0.4 is 10.6 Å². The van der Waals surface area contributed by atoms with Crippen molar-refractivity contribution in [1.29, 1.82) is 0 Å². The molecule has 3 aliphatic rings. The Balaban J connectivity index is 1.53. The summed E-state index contributed by atoms with van der Waals surface area (Å²) in [6.07, 6.45) is -0.819. The number of aromatic nitrogens is 3. The summed E-state index contributed by atoms with van der Waals surface area (Å²) in [6, 6.07) is 5.00. The summed E-state index contributed by atoms with van der Waals surface area (Å²) in [4.78, 5) is 37.9. The van der Waals surface area contributed by atoms with Crippen LogP contribution in [0.25, 0.3) is 32.8 Å². The molecule has 1 amide bonds. The highest BCUT2D eigenvalue weighted by atomic mass is 32.2. The van der Waals surface area contributed by atoms with E-state index in [1.165, 1.54) is 46.9 Å². The number of piperazine rings is 1. The average Bonchev–Trinajstić information content (AvgIpc) is 3.18. The summed E-state index contributed by atoms with van der Waals surface area (Å²) in [5, 5.41) is 0.583. The Morgan fingerprint density at radius 3 is 2.53 bits per heavy atom. The topological polar surface area (TPSA) is 80.6 Å². The third-order valence-electron chi connectivity index (χ3n) is 8.44. The number of hydrogen-bond acceptors (Lipinski definition) is 7. The first-order chi connectivity index (χ1) is 20.6. The van der Waals surface area contributed by atoms with Crippen LogP contribution in [0.2, 0.25) is 0 Å². The fraction of sp³-hybridized carbons (Fsp3) is 0.333. The molecule has 0 saturated carbocycles. The van der Waals surface area contributed by atoms with Gasteiger partial charge >= 0.3 is 11.9 Å². The highest BCUT2D eigenvalue weighted by Gasteiger charge is 2.44. The first-order valence-corrected chi connectivity index (χ1v) is 14.7. The molecule has 8 nitrogen and oxygen atoms in total. The quantitative estimate of drug-likeness (QED) is 0.245. The summed E-state index contributed by atoms with van der Waals surface area (Å²) in [6.45, 7) is 5.67. The van der Waals surface area contributed by atoms with Gasteiger partial charge in [0.05, 0.1) is 24.3 Å². The van der Waals surface area contributed by atoms with Gasteiger partial charge in [0.1, 0.15) is 11.6 Å². The normalized spacial score (nSPS) is 18.1. The summed E-state index contributed by atoms with van der Waals surface area (Å²) in [5.41, 5.74) is -1.50. The molecule has 2 aromatic heterocycles. The highest BCUT2D eigenvalue weighted by Crippen LogP contribution is 2.51. The molecule has 2 saturated heterocycles. The van der Waals surface area contributed by atoms with Gasteiger partial charge in [0, 0.05) is 82.9 Å². The second-order valence-corrected chi connectivity index (χ2v) is 12.1. The zero-order valence-electron chi connectivity index (χ0n) is 22.8. The second-order valence-electron chi connectivity index (χ2n) is 11.1. The lowest BCUT2D eigenvalue weighted by atomic mass is 9.88. The number of benzene rings is 2. The van der Waals surface area contributed by atoms with Crippen molar-refractivity contribution in [2.75, 3.05) is 50.0 Å². The minimum atomic E-state index is -4.79. The van der Waals surface area contributed by atoms with Crippen LogP contribution in [0.3, 0.4) is 0 Å². The Bertz CT molecular complexity index is 1880. The van der Waals surface area contributed by atoms with Gasteiger partial charge in [-0.2, -0.15) is 18.2 Å². The maximum atomic E-state index is 15.1. The molecule has 2 aromatic carbocycles. The molecule has 0 radical (unpaired) electrons.